The minimum Gasteiger partial charge on any atom is -0.481 e. The van der Waals surface area contributed by atoms with E-state index in [-0.39, 0.29) is 22.2 Å². The second-order valence-electron chi connectivity index (χ2n) is 8.96. The molecule has 1 fully saturated rings. The van der Waals surface area contributed by atoms with Crippen LogP contribution in [0.1, 0.15) is 34.3 Å². The summed E-state index contributed by atoms with van der Waals surface area (Å²) in [5, 5.41) is 21.5. The lowest BCUT2D eigenvalue weighted by atomic mass is 9.95. The fraction of sp³-hybridized carbons (Fsp3) is 0.207. The highest BCUT2D eigenvalue weighted by Gasteiger charge is 2.24. The minimum absolute atomic E-state index is 0.190. The van der Waals surface area contributed by atoms with E-state index in [2.05, 4.69) is 16.3 Å². The van der Waals surface area contributed by atoms with Gasteiger partial charge in [-0.2, -0.15) is 0 Å². The van der Waals surface area contributed by atoms with Crippen molar-refractivity contribution in [3.63, 3.8) is 0 Å². The molecule has 0 radical (unpaired) electrons. The first-order valence-electron chi connectivity index (χ1n) is 12.0. The predicted octanol–water partition coefficient (Wildman–Crippen LogP) is 5.16. The summed E-state index contributed by atoms with van der Waals surface area (Å²) in [4.78, 5) is 37.8. The number of nitrogens with one attached hydrogen (secondary N) is 1. The fourth-order valence-corrected chi connectivity index (χ4v) is 4.65. The largest absolute Gasteiger partial charge is 0.481 e. The average Bonchev–Trinajstić information content (AvgIpc) is 2.89. The van der Waals surface area contributed by atoms with Crippen LogP contribution in [0.5, 0.6) is 0 Å². The summed E-state index contributed by atoms with van der Waals surface area (Å²) in [6.45, 7) is 2.21. The first-order valence-corrected chi connectivity index (χ1v) is 12.3. The van der Waals surface area contributed by atoms with Crippen molar-refractivity contribution in [2.24, 2.45) is 5.92 Å². The molecule has 0 unspecified atom stereocenters. The molecule has 3 N–H and O–H groups in total. The Morgan fingerprint density at radius 2 is 1.57 bits per heavy atom. The molecule has 3 aromatic rings. The van der Waals surface area contributed by atoms with Crippen molar-refractivity contribution in [1.29, 1.82) is 0 Å². The number of piperidine rings is 1. The molecule has 190 valence electrons. The molecule has 0 aromatic heterocycles. The molecule has 4 rings (SSSR count). The highest BCUT2D eigenvalue weighted by molar-refractivity contribution is 6.34. The van der Waals surface area contributed by atoms with E-state index in [1.807, 2.05) is 30.3 Å². The molecule has 1 heterocycles. The molecule has 0 aliphatic carbocycles. The smallest absolute Gasteiger partial charge is 0.352 e. The second-order valence-corrected chi connectivity index (χ2v) is 9.37. The van der Waals surface area contributed by atoms with E-state index in [9.17, 15) is 24.6 Å². The third-order valence-corrected chi connectivity index (χ3v) is 6.81. The van der Waals surface area contributed by atoms with Gasteiger partial charge in [0.2, 0.25) is 0 Å². The number of nitrogens with zero attached hydrogens (tertiary/aromatic N) is 1. The molecule has 1 aliphatic rings. The topological polar surface area (TPSA) is 107 Å². The third kappa shape index (κ3) is 6.64. The van der Waals surface area contributed by atoms with Gasteiger partial charge >= 0.3 is 11.9 Å². The van der Waals surface area contributed by atoms with E-state index < -0.39 is 17.8 Å². The molecular formula is C29H27ClN2O5. The number of carbonyl (C=O) groups excluding carboxylic acids is 1. The lowest BCUT2D eigenvalue weighted by Gasteiger charge is -2.30. The minimum atomic E-state index is -1.26. The Bertz CT molecular complexity index is 1330. The second kappa shape index (κ2) is 11.9. The zero-order valence-corrected chi connectivity index (χ0v) is 20.8. The molecular weight excluding hydrogens is 492 g/mol. The molecule has 7 nitrogen and oxygen atoms in total. The Morgan fingerprint density at radius 3 is 2.22 bits per heavy atom. The molecule has 37 heavy (non-hydrogen) atoms. The maximum Gasteiger partial charge on any atom is 0.352 e. The van der Waals surface area contributed by atoms with E-state index in [1.165, 1.54) is 12.1 Å². The first-order chi connectivity index (χ1) is 17.8. The maximum atomic E-state index is 12.5. The summed E-state index contributed by atoms with van der Waals surface area (Å²) >= 11 is 6.06. The number of carbonyl (C=O) groups is 3. The Labute approximate surface area is 220 Å². The van der Waals surface area contributed by atoms with Crippen LogP contribution in [0.25, 0.3) is 17.2 Å². The summed E-state index contributed by atoms with van der Waals surface area (Å²) in [5.41, 5.74) is 3.72. The van der Waals surface area contributed by atoms with Gasteiger partial charge in [-0.3, -0.25) is 14.5 Å². The summed E-state index contributed by atoms with van der Waals surface area (Å²) in [6.07, 6.45) is 2.70. The number of halogens is 1. The van der Waals surface area contributed by atoms with Crippen molar-refractivity contribution in [1.82, 2.24) is 10.2 Å². The number of hydrogen-bond donors (Lipinski definition) is 3. The van der Waals surface area contributed by atoms with E-state index in [0.717, 1.165) is 36.3 Å². The molecule has 1 aliphatic heterocycles. The quantitative estimate of drug-likeness (QED) is 0.356. The summed E-state index contributed by atoms with van der Waals surface area (Å²) in [6, 6.07) is 21.9. The Morgan fingerprint density at radius 1 is 0.919 bits per heavy atom. The predicted molar refractivity (Wildman–Crippen MR) is 142 cm³/mol. The number of likely N-dealkylation sites (tertiary alicyclic amines) is 1. The average molecular weight is 519 g/mol. The monoisotopic (exact) mass is 518 g/mol. The van der Waals surface area contributed by atoms with Gasteiger partial charge in [0.1, 0.15) is 5.70 Å². The first kappa shape index (κ1) is 26.1. The number of carboxylic acid groups (broad SMARTS) is 2. The number of rotatable bonds is 8. The highest BCUT2D eigenvalue weighted by atomic mass is 35.5. The van der Waals surface area contributed by atoms with Gasteiger partial charge in [-0.1, -0.05) is 72.3 Å². The Balaban J connectivity index is 1.49. The summed E-state index contributed by atoms with van der Waals surface area (Å²) in [5.74, 6) is -2.85. The molecule has 0 atom stereocenters. The van der Waals surface area contributed by atoms with Crippen LogP contribution in [0.2, 0.25) is 5.02 Å². The number of hydrogen-bond acceptors (Lipinski definition) is 4. The van der Waals surface area contributed by atoms with Gasteiger partial charge in [-0.15, -0.1) is 0 Å². The molecule has 0 bridgehead atoms. The van der Waals surface area contributed by atoms with Crippen molar-refractivity contribution >= 4 is 35.5 Å². The van der Waals surface area contributed by atoms with Gasteiger partial charge in [0.15, 0.2) is 0 Å². The van der Waals surface area contributed by atoms with Gasteiger partial charge in [0.25, 0.3) is 5.91 Å². The van der Waals surface area contributed by atoms with Crippen molar-refractivity contribution in [2.75, 3.05) is 13.1 Å². The summed E-state index contributed by atoms with van der Waals surface area (Å²) < 4.78 is 0. The number of aliphatic carboxylic acids is 2. The molecule has 0 spiro atoms. The molecule has 0 saturated carbocycles. The molecule has 1 saturated heterocycles. The Hall–Kier alpha value is -3.94. The van der Waals surface area contributed by atoms with Crippen molar-refractivity contribution in [3.05, 3.63) is 100 Å². The van der Waals surface area contributed by atoms with E-state index >= 15 is 0 Å². The van der Waals surface area contributed by atoms with Gasteiger partial charge in [0, 0.05) is 6.54 Å². The van der Waals surface area contributed by atoms with E-state index in [1.54, 1.807) is 30.3 Å². The van der Waals surface area contributed by atoms with Crippen molar-refractivity contribution < 1.29 is 24.6 Å². The molecule has 3 aromatic carbocycles. The van der Waals surface area contributed by atoms with Crippen LogP contribution < -0.4 is 5.32 Å². The van der Waals surface area contributed by atoms with Crippen LogP contribution in [-0.2, 0) is 16.1 Å². The third-order valence-electron chi connectivity index (χ3n) is 6.48. The van der Waals surface area contributed by atoms with Gasteiger partial charge in [0.05, 0.1) is 16.5 Å². The lowest BCUT2D eigenvalue weighted by Crippen LogP contribution is -2.35. The number of amides is 1. The van der Waals surface area contributed by atoms with E-state index in [4.69, 9.17) is 11.6 Å². The van der Waals surface area contributed by atoms with Crippen LogP contribution in [0.4, 0.5) is 0 Å². The number of carboxylic acids is 2. The Kier molecular flexibility index (Phi) is 8.38. The zero-order valence-electron chi connectivity index (χ0n) is 20.1. The van der Waals surface area contributed by atoms with Gasteiger partial charge in [-0.25, -0.2) is 4.79 Å². The highest BCUT2D eigenvalue weighted by Crippen LogP contribution is 2.27. The summed E-state index contributed by atoms with van der Waals surface area (Å²) in [7, 11) is 0. The van der Waals surface area contributed by atoms with Gasteiger partial charge in [-0.05, 0) is 66.4 Å². The van der Waals surface area contributed by atoms with Crippen LogP contribution in [-0.4, -0.2) is 46.0 Å². The SMILES string of the molecule is O=C(O)/C(=C/c1ccc(-c2ccccc2CN2CCC(C(=O)O)CC2)cc1)NC(=O)c1ccccc1Cl. The van der Waals surface area contributed by atoms with Crippen LogP contribution in [0.3, 0.4) is 0 Å². The zero-order chi connectivity index (χ0) is 26.4. The van der Waals surface area contributed by atoms with Crippen LogP contribution in [0, 0.1) is 5.92 Å². The maximum absolute atomic E-state index is 12.5. The molecule has 8 heteroatoms. The van der Waals surface area contributed by atoms with E-state index in [0.29, 0.717) is 18.4 Å². The van der Waals surface area contributed by atoms with Gasteiger partial charge < -0.3 is 15.5 Å². The van der Waals surface area contributed by atoms with Crippen molar-refractivity contribution in [3.8, 4) is 11.1 Å². The normalized spacial score (nSPS) is 14.8. The number of benzene rings is 3. The van der Waals surface area contributed by atoms with Crippen LogP contribution >= 0.6 is 11.6 Å². The fourth-order valence-electron chi connectivity index (χ4n) is 4.43. The lowest BCUT2D eigenvalue weighted by molar-refractivity contribution is -0.143. The van der Waals surface area contributed by atoms with Crippen LogP contribution in [0.15, 0.2) is 78.5 Å². The van der Waals surface area contributed by atoms with Crippen molar-refractivity contribution in [2.45, 2.75) is 19.4 Å². The standard InChI is InChI=1S/C29H27ClN2O5/c30-25-8-4-3-7-24(25)27(33)31-26(29(36)37)17-19-9-11-20(12-10-19)23-6-2-1-5-22(23)18-32-15-13-21(14-16-32)28(34)35/h1-12,17,21H,13-16,18H2,(H,31,33)(H,34,35)(H,36,37)/b26-17-. The molecule has 1 amide bonds.